The van der Waals surface area contributed by atoms with Crippen LogP contribution in [0.25, 0.3) is 10.9 Å². The SMILES string of the molecule is C=C[C@@H]1CC1(CC(=O)[C@@H]1C[C@@H]2CN1C(=O)[C@H](C1CCCCC1)CC(=O)O[C@@H]1C[C@H]1CCCCCc1c(nc3ccccc3c1OCCCN1CCN(C(=O)OC(C)(C)C)CC1)O2)C(=O)NS(=O)(=O)C1(C)CC1. The van der Waals surface area contributed by atoms with Gasteiger partial charge in [-0.1, -0.05) is 50.3 Å². The predicted molar refractivity (Wildman–Crippen MR) is 271 cm³/mol. The van der Waals surface area contributed by atoms with Gasteiger partial charge in [-0.05, 0) is 122 Å². The fourth-order valence-electron chi connectivity index (χ4n) is 11.8. The molecule has 4 heterocycles. The van der Waals surface area contributed by atoms with Gasteiger partial charge in [-0.15, -0.1) is 6.58 Å². The summed E-state index contributed by atoms with van der Waals surface area (Å²) in [6, 6.07) is 6.84. The molecule has 3 amide bonds. The Morgan fingerprint density at radius 2 is 1.65 bits per heavy atom. The maximum atomic E-state index is 15.3. The Bertz CT molecular complexity index is 2490. The molecule has 7 aliphatic rings. The highest BCUT2D eigenvalue weighted by Gasteiger charge is 2.62. The van der Waals surface area contributed by atoms with E-state index in [9.17, 15) is 27.6 Å². The van der Waals surface area contributed by atoms with E-state index >= 15 is 4.79 Å². The minimum absolute atomic E-state index is 0.0559. The highest BCUT2D eigenvalue weighted by atomic mass is 32.2. The molecule has 16 nitrogen and oxygen atoms in total. The molecular formula is C55H77N5O11S. The molecule has 2 saturated heterocycles. The number of benzene rings is 1. The molecule has 7 atom stereocenters. The molecule has 0 spiro atoms. The number of aromatic nitrogens is 1. The van der Waals surface area contributed by atoms with E-state index in [0.29, 0.717) is 56.1 Å². The number of carbonyl (C=O) groups excluding carboxylic acids is 5. The molecule has 4 aliphatic carbocycles. The Hall–Kier alpha value is -4.77. The number of nitrogens with zero attached hydrogens (tertiary/aromatic N) is 4. The lowest BCUT2D eigenvalue weighted by molar-refractivity contribution is -0.153. The summed E-state index contributed by atoms with van der Waals surface area (Å²) in [4.78, 5) is 81.6. The number of sulfonamides is 1. The second-order valence-corrected chi connectivity index (χ2v) is 25.5. The molecule has 1 N–H and O–H groups in total. The van der Waals surface area contributed by atoms with Gasteiger partial charge in [0.2, 0.25) is 27.7 Å². The normalized spacial score (nSPS) is 29.3. The van der Waals surface area contributed by atoms with Crippen LogP contribution in [0, 0.1) is 29.1 Å². The van der Waals surface area contributed by atoms with E-state index in [1.54, 1.807) is 22.8 Å². The fraction of sp³-hybridized carbons (Fsp3) is 0.709. The van der Waals surface area contributed by atoms with E-state index in [0.717, 1.165) is 101 Å². The molecule has 1 aromatic carbocycles. The molecule has 3 aliphatic heterocycles. The van der Waals surface area contributed by atoms with E-state index < -0.39 is 55.7 Å². The van der Waals surface area contributed by atoms with Crippen LogP contribution in [-0.2, 0) is 45.1 Å². The molecule has 6 fully saturated rings. The van der Waals surface area contributed by atoms with E-state index in [1.807, 2.05) is 45.0 Å². The van der Waals surface area contributed by atoms with Crippen LogP contribution in [0.15, 0.2) is 36.9 Å². The number of amides is 3. The van der Waals surface area contributed by atoms with Crippen molar-refractivity contribution >= 4 is 50.6 Å². The highest BCUT2D eigenvalue weighted by molar-refractivity contribution is 7.91. The molecule has 394 valence electrons. The first-order valence-electron chi connectivity index (χ1n) is 27.0. The number of ether oxygens (including phenoxy) is 4. The van der Waals surface area contributed by atoms with Crippen LogP contribution in [-0.4, -0.2) is 132 Å². The monoisotopic (exact) mass is 1020 g/mol. The van der Waals surface area contributed by atoms with Gasteiger partial charge in [-0.3, -0.25) is 28.8 Å². The number of allylic oxidation sites excluding steroid dienone is 1. The third-order valence-corrected chi connectivity index (χ3v) is 18.9. The Kier molecular flexibility index (Phi) is 15.4. The second-order valence-electron chi connectivity index (χ2n) is 23.3. The molecule has 0 radical (unpaired) electrons. The van der Waals surface area contributed by atoms with Gasteiger partial charge in [0.25, 0.3) is 0 Å². The van der Waals surface area contributed by atoms with Crippen LogP contribution < -0.4 is 14.2 Å². The van der Waals surface area contributed by atoms with Crippen LogP contribution in [0.1, 0.15) is 142 Å². The molecule has 17 heteroatoms. The number of esters is 1. The summed E-state index contributed by atoms with van der Waals surface area (Å²) < 4.78 is 53.4. The zero-order valence-electron chi connectivity index (χ0n) is 43.0. The number of Topliss-reactive ketones (excluding diaryl/α,β-unsaturated/α-hetero) is 1. The van der Waals surface area contributed by atoms with E-state index in [1.165, 1.54) is 0 Å². The van der Waals surface area contributed by atoms with Gasteiger partial charge < -0.3 is 28.7 Å². The Balaban J connectivity index is 0.988. The lowest BCUT2D eigenvalue weighted by atomic mass is 9.77. The number of hydrogen-bond donors (Lipinski definition) is 1. The third kappa shape index (κ3) is 11.8. The van der Waals surface area contributed by atoms with Crippen molar-refractivity contribution < 1.29 is 51.3 Å². The third-order valence-electron chi connectivity index (χ3n) is 16.7. The van der Waals surface area contributed by atoms with Gasteiger partial charge >= 0.3 is 12.1 Å². The van der Waals surface area contributed by atoms with Gasteiger partial charge in [0.1, 0.15) is 23.6 Å². The Morgan fingerprint density at radius 3 is 2.35 bits per heavy atom. The van der Waals surface area contributed by atoms with Crippen LogP contribution in [0.4, 0.5) is 4.79 Å². The minimum atomic E-state index is -3.98. The molecule has 4 saturated carbocycles. The van der Waals surface area contributed by atoms with Crippen LogP contribution >= 0.6 is 0 Å². The highest BCUT2D eigenvalue weighted by Crippen LogP contribution is 2.57. The van der Waals surface area contributed by atoms with Crippen molar-refractivity contribution in [2.75, 3.05) is 45.9 Å². The van der Waals surface area contributed by atoms with Crippen molar-refractivity contribution in [2.45, 2.75) is 172 Å². The van der Waals surface area contributed by atoms with Crippen molar-refractivity contribution in [3.8, 4) is 11.6 Å². The quantitative estimate of drug-likeness (QED) is 0.117. The van der Waals surface area contributed by atoms with Gasteiger partial charge in [0.15, 0.2) is 5.78 Å². The molecule has 2 bridgehead atoms. The average molecular weight is 1020 g/mol. The number of nitrogens with one attached hydrogen (secondary N) is 1. The minimum Gasteiger partial charge on any atom is -0.492 e. The van der Waals surface area contributed by atoms with Crippen molar-refractivity contribution in [2.24, 2.45) is 29.1 Å². The summed E-state index contributed by atoms with van der Waals surface area (Å²) >= 11 is 0. The maximum Gasteiger partial charge on any atom is 0.410 e. The molecule has 1 unspecified atom stereocenters. The number of fused-ring (bicyclic) bond motifs is 5. The van der Waals surface area contributed by atoms with Crippen LogP contribution in [0.2, 0.25) is 0 Å². The Morgan fingerprint density at radius 1 is 0.944 bits per heavy atom. The number of para-hydroxylation sites is 1. The number of carbonyl (C=O) groups is 5. The first kappa shape index (κ1) is 52.1. The summed E-state index contributed by atoms with van der Waals surface area (Å²) in [6.45, 7) is 15.1. The zero-order chi connectivity index (χ0) is 51.0. The smallest absolute Gasteiger partial charge is 0.410 e. The fourth-order valence-corrected chi connectivity index (χ4v) is 13.1. The van der Waals surface area contributed by atoms with Gasteiger partial charge in [0.05, 0.1) is 52.8 Å². The number of rotatable bonds is 13. The average Bonchev–Trinajstić information content (AvgIpc) is 4.31. The molecule has 2 aromatic rings. The van der Waals surface area contributed by atoms with Gasteiger partial charge in [-0.25, -0.2) is 18.2 Å². The topological polar surface area (TPSA) is 191 Å². The second kappa shape index (κ2) is 21.2. The van der Waals surface area contributed by atoms with Crippen molar-refractivity contribution in [1.29, 1.82) is 0 Å². The first-order chi connectivity index (χ1) is 34.4. The molecule has 72 heavy (non-hydrogen) atoms. The lowest BCUT2D eigenvalue weighted by Crippen LogP contribution is -2.50. The number of ketones is 1. The van der Waals surface area contributed by atoms with Crippen molar-refractivity contribution in [3.05, 3.63) is 42.5 Å². The van der Waals surface area contributed by atoms with Gasteiger partial charge in [-0.2, -0.15) is 0 Å². The summed E-state index contributed by atoms with van der Waals surface area (Å²) in [6.07, 6.45) is 11.8. The summed E-state index contributed by atoms with van der Waals surface area (Å²) in [7, 11) is -3.98. The van der Waals surface area contributed by atoms with Crippen LogP contribution in [0.5, 0.6) is 11.6 Å². The number of pyridine rings is 1. The van der Waals surface area contributed by atoms with Crippen molar-refractivity contribution in [3.63, 3.8) is 0 Å². The van der Waals surface area contributed by atoms with E-state index in [-0.39, 0.29) is 73.9 Å². The summed E-state index contributed by atoms with van der Waals surface area (Å²) in [5.41, 5.74) is -0.350. The van der Waals surface area contributed by atoms with E-state index in [2.05, 4.69) is 16.2 Å². The van der Waals surface area contributed by atoms with E-state index in [4.69, 9.17) is 23.9 Å². The first-order valence-corrected chi connectivity index (χ1v) is 28.5. The molecule has 1 aromatic heterocycles. The number of piperazine rings is 1. The Labute approximate surface area is 425 Å². The summed E-state index contributed by atoms with van der Waals surface area (Å²) in [5.74, 6) is -1.55. The lowest BCUT2D eigenvalue weighted by Gasteiger charge is -2.35. The number of hydrogen-bond acceptors (Lipinski definition) is 13. The molecule has 9 rings (SSSR count). The predicted octanol–water partition coefficient (Wildman–Crippen LogP) is 7.69. The standard InChI is InChI=1S/C55H77N5O11S/c1-6-38-33-55(38,51(64)57-72(66,67)54(5)22-23-54)34-45(61)44-31-39-35-60(44)50(63)42(36-16-9-7-10-17-36)32-47(62)70-46-30-37(46)18-11-8-12-20-41-48(40-19-13-14-21-43(40)56-49(41)69-39)68-29-15-24-58-25-27-59(28-26-58)52(65)71-53(2,3)4/h6,13-14,19,21,36-39,42,44,46H,1,7-12,15-18,20,22-35H2,2-5H3,(H,57,64)/t37-,38-,39-,42+,44+,46-,55?/m1/s1. The summed E-state index contributed by atoms with van der Waals surface area (Å²) in [5, 5.41) is 0.865. The zero-order valence-corrected chi connectivity index (χ0v) is 43.8. The maximum absolute atomic E-state index is 15.3. The van der Waals surface area contributed by atoms with Crippen LogP contribution in [0.3, 0.4) is 0 Å². The largest absolute Gasteiger partial charge is 0.492 e. The molecular weight excluding hydrogens is 939 g/mol. The van der Waals surface area contributed by atoms with Gasteiger partial charge in [0, 0.05) is 51.0 Å². The van der Waals surface area contributed by atoms with Crippen molar-refractivity contribution in [1.82, 2.24) is 24.4 Å².